The lowest BCUT2D eigenvalue weighted by atomic mass is 9.90. The molecule has 104 valence electrons. The zero-order valence-electron chi connectivity index (χ0n) is 11.3. The van der Waals surface area contributed by atoms with Crippen molar-refractivity contribution in [3.8, 4) is 0 Å². The van der Waals surface area contributed by atoms with E-state index in [0.717, 1.165) is 6.54 Å². The van der Waals surface area contributed by atoms with Crippen molar-refractivity contribution < 1.29 is 14.7 Å². The van der Waals surface area contributed by atoms with Crippen LogP contribution in [-0.2, 0) is 4.79 Å². The monoisotopic (exact) mass is 256 g/mol. The number of rotatable bonds is 6. The highest BCUT2D eigenvalue weighted by molar-refractivity contribution is 5.75. The van der Waals surface area contributed by atoms with Crippen molar-refractivity contribution in [1.29, 1.82) is 0 Å². The van der Waals surface area contributed by atoms with Gasteiger partial charge in [-0.05, 0) is 39.0 Å². The molecule has 0 bridgehead atoms. The number of hydrogen-bond donors (Lipinski definition) is 3. The number of carbonyl (C=O) groups excluding carboxylic acids is 1. The summed E-state index contributed by atoms with van der Waals surface area (Å²) in [6.45, 7) is 4.44. The Kier molecular flexibility index (Phi) is 5.44. The minimum absolute atomic E-state index is 0.192. The average molecular weight is 256 g/mol. The van der Waals surface area contributed by atoms with Crippen molar-refractivity contribution in [2.24, 2.45) is 11.3 Å². The Morgan fingerprint density at radius 2 is 1.83 bits per heavy atom. The minimum atomic E-state index is -0.837. The molecule has 1 aliphatic rings. The number of nitrogens with one attached hydrogen (secondary N) is 2. The fraction of sp³-hybridized carbons (Fsp3) is 0.846. The number of aliphatic carboxylic acids is 1. The first-order chi connectivity index (χ1) is 8.42. The second kappa shape index (κ2) is 6.61. The van der Waals surface area contributed by atoms with Gasteiger partial charge in [0.15, 0.2) is 0 Å². The number of hydrogen-bond acceptors (Lipinski definition) is 2. The molecule has 0 spiro atoms. The molecule has 1 aliphatic carbocycles. The highest BCUT2D eigenvalue weighted by Gasteiger charge is 2.26. The van der Waals surface area contributed by atoms with Gasteiger partial charge in [0.25, 0.3) is 0 Å². The summed E-state index contributed by atoms with van der Waals surface area (Å²) in [5, 5.41) is 14.5. The van der Waals surface area contributed by atoms with Gasteiger partial charge in [0.05, 0.1) is 5.41 Å². The Morgan fingerprint density at radius 1 is 1.22 bits per heavy atom. The molecule has 5 heteroatoms. The first-order valence-corrected chi connectivity index (χ1v) is 6.67. The molecule has 0 aromatic rings. The van der Waals surface area contributed by atoms with Crippen LogP contribution in [0.4, 0.5) is 4.79 Å². The Morgan fingerprint density at radius 3 is 2.39 bits per heavy atom. The van der Waals surface area contributed by atoms with Gasteiger partial charge in [-0.15, -0.1) is 0 Å². The third-order valence-electron chi connectivity index (χ3n) is 3.64. The summed E-state index contributed by atoms with van der Waals surface area (Å²) in [6.07, 6.45) is 5.36. The van der Waals surface area contributed by atoms with E-state index in [9.17, 15) is 9.59 Å². The normalized spacial score (nSPS) is 16.6. The zero-order chi connectivity index (χ0) is 13.6. The van der Waals surface area contributed by atoms with E-state index in [2.05, 4.69) is 10.6 Å². The van der Waals surface area contributed by atoms with Crippen LogP contribution in [0, 0.1) is 11.3 Å². The SMILES string of the molecule is CC(C)(CCNC(=O)NCC1CCCC1)C(=O)O. The summed E-state index contributed by atoms with van der Waals surface area (Å²) in [7, 11) is 0. The van der Waals surface area contributed by atoms with E-state index in [1.807, 2.05) is 0 Å². The second-order valence-electron chi connectivity index (χ2n) is 5.73. The van der Waals surface area contributed by atoms with Crippen LogP contribution in [0.3, 0.4) is 0 Å². The Bertz CT molecular complexity index is 297. The maximum absolute atomic E-state index is 11.5. The van der Waals surface area contributed by atoms with Crippen molar-refractivity contribution in [2.75, 3.05) is 13.1 Å². The van der Waals surface area contributed by atoms with E-state index in [1.54, 1.807) is 13.8 Å². The van der Waals surface area contributed by atoms with E-state index in [0.29, 0.717) is 18.9 Å². The molecule has 1 rings (SSSR count). The number of carboxylic acids is 1. The minimum Gasteiger partial charge on any atom is -0.481 e. The van der Waals surface area contributed by atoms with Gasteiger partial charge in [-0.25, -0.2) is 4.79 Å². The average Bonchev–Trinajstić information content (AvgIpc) is 2.78. The van der Waals surface area contributed by atoms with Crippen molar-refractivity contribution in [3.05, 3.63) is 0 Å². The van der Waals surface area contributed by atoms with E-state index in [-0.39, 0.29) is 6.03 Å². The van der Waals surface area contributed by atoms with Crippen LogP contribution in [0.15, 0.2) is 0 Å². The van der Waals surface area contributed by atoms with Gasteiger partial charge in [-0.3, -0.25) is 4.79 Å². The fourth-order valence-corrected chi connectivity index (χ4v) is 2.11. The van der Waals surface area contributed by atoms with E-state index < -0.39 is 11.4 Å². The van der Waals surface area contributed by atoms with Crippen LogP contribution in [0.5, 0.6) is 0 Å². The number of carboxylic acid groups (broad SMARTS) is 1. The maximum atomic E-state index is 11.5. The molecule has 0 atom stereocenters. The second-order valence-corrected chi connectivity index (χ2v) is 5.73. The third-order valence-corrected chi connectivity index (χ3v) is 3.64. The number of carbonyl (C=O) groups is 2. The first kappa shape index (κ1) is 14.8. The molecule has 5 nitrogen and oxygen atoms in total. The molecule has 2 amide bonds. The van der Waals surface area contributed by atoms with E-state index in [4.69, 9.17) is 5.11 Å². The summed E-state index contributed by atoms with van der Waals surface area (Å²) in [5.74, 6) is -0.220. The summed E-state index contributed by atoms with van der Waals surface area (Å²) in [6, 6.07) is -0.192. The molecule has 1 saturated carbocycles. The highest BCUT2D eigenvalue weighted by atomic mass is 16.4. The number of amides is 2. The van der Waals surface area contributed by atoms with Crippen molar-refractivity contribution in [2.45, 2.75) is 46.0 Å². The fourth-order valence-electron chi connectivity index (χ4n) is 2.11. The lowest BCUT2D eigenvalue weighted by Crippen LogP contribution is -2.40. The molecule has 0 heterocycles. The molecule has 18 heavy (non-hydrogen) atoms. The van der Waals surface area contributed by atoms with Gasteiger partial charge < -0.3 is 15.7 Å². The van der Waals surface area contributed by atoms with Gasteiger partial charge in [0, 0.05) is 13.1 Å². The zero-order valence-corrected chi connectivity index (χ0v) is 11.3. The molecule has 0 aromatic carbocycles. The topological polar surface area (TPSA) is 78.4 Å². The first-order valence-electron chi connectivity index (χ1n) is 6.67. The Balaban J connectivity index is 2.11. The summed E-state index contributed by atoms with van der Waals surface area (Å²) < 4.78 is 0. The van der Waals surface area contributed by atoms with Crippen LogP contribution < -0.4 is 10.6 Å². The molecule has 0 saturated heterocycles. The lowest BCUT2D eigenvalue weighted by molar-refractivity contribution is -0.147. The Labute approximate surface area is 108 Å². The molecular weight excluding hydrogens is 232 g/mol. The molecule has 0 aliphatic heterocycles. The lowest BCUT2D eigenvalue weighted by Gasteiger charge is -2.19. The predicted octanol–water partition coefficient (Wildman–Crippen LogP) is 1.98. The standard InChI is InChI=1S/C13H24N2O3/c1-13(2,11(16)17)7-8-14-12(18)15-9-10-5-3-4-6-10/h10H,3-9H2,1-2H3,(H,16,17)(H2,14,15,18). The molecule has 0 unspecified atom stereocenters. The molecular formula is C13H24N2O3. The molecule has 0 radical (unpaired) electrons. The smallest absolute Gasteiger partial charge is 0.314 e. The largest absolute Gasteiger partial charge is 0.481 e. The van der Waals surface area contributed by atoms with Gasteiger partial charge in [-0.2, -0.15) is 0 Å². The van der Waals surface area contributed by atoms with Gasteiger partial charge in [0.2, 0.25) is 0 Å². The van der Waals surface area contributed by atoms with Crippen LogP contribution in [0.25, 0.3) is 0 Å². The summed E-state index contributed by atoms with van der Waals surface area (Å²) in [5.41, 5.74) is -0.793. The van der Waals surface area contributed by atoms with E-state index >= 15 is 0 Å². The van der Waals surface area contributed by atoms with Crippen molar-refractivity contribution in [1.82, 2.24) is 10.6 Å². The van der Waals surface area contributed by atoms with Gasteiger partial charge in [0.1, 0.15) is 0 Å². The number of urea groups is 1. The molecule has 1 fully saturated rings. The quantitative estimate of drug-likeness (QED) is 0.680. The van der Waals surface area contributed by atoms with Crippen LogP contribution in [0.2, 0.25) is 0 Å². The van der Waals surface area contributed by atoms with Crippen LogP contribution in [-0.4, -0.2) is 30.2 Å². The van der Waals surface area contributed by atoms with Crippen LogP contribution in [0.1, 0.15) is 46.0 Å². The summed E-state index contributed by atoms with van der Waals surface area (Å²) >= 11 is 0. The summed E-state index contributed by atoms with van der Waals surface area (Å²) in [4.78, 5) is 22.4. The van der Waals surface area contributed by atoms with Gasteiger partial charge in [-0.1, -0.05) is 12.8 Å². The molecule has 0 aromatic heterocycles. The van der Waals surface area contributed by atoms with Crippen molar-refractivity contribution in [3.63, 3.8) is 0 Å². The molecule has 3 N–H and O–H groups in total. The highest BCUT2D eigenvalue weighted by Crippen LogP contribution is 2.23. The van der Waals surface area contributed by atoms with E-state index in [1.165, 1.54) is 25.7 Å². The van der Waals surface area contributed by atoms with Crippen LogP contribution >= 0.6 is 0 Å². The maximum Gasteiger partial charge on any atom is 0.314 e. The van der Waals surface area contributed by atoms with Gasteiger partial charge >= 0.3 is 12.0 Å². The third kappa shape index (κ3) is 4.94. The Hall–Kier alpha value is -1.26. The predicted molar refractivity (Wildman–Crippen MR) is 69.4 cm³/mol. The van der Waals surface area contributed by atoms with Crippen molar-refractivity contribution >= 4 is 12.0 Å².